The zero-order valence-corrected chi connectivity index (χ0v) is 9.79. The molecule has 1 aromatic rings. The van der Waals surface area contributed by atoms with E-state index in [1.165, 1.54) is 24.1 Å². The van der Waals surface area contributed by atoms with Crippen LogP contribution in [-0.2, 0) is 11.9 Å². The Kier molecular flexibility index (Phi) is 5.15. The van der Waals surface area contributed by atoms with E-state index in [-0.39, 0.29) is 0 Å². The second kappa shape index (κ2) is 6.15. The molecule has 0 atom stereocenters. The first kappa shape index (κ1) is 13.4. The molecule has 0 bridgehead atoms. The molecule has 1 N–H and O–H groups in total. The maximum absolute atomic E-state index is 12.3. The molecular formula is C11H14F3NS. The molecule has 90 valence electrons. The van der Waals surface area contributed by atoms with Crippen LogP contribution in [0.3, 0.4) is 0 Å². The first-order valence-electron chi connectivity index (χ1n) is 5.05. The minimum Gasteiger partial charge on any atom is -0.264 e. The summed E-state index contributed by atoms with van der Waals surface area (Å²) in [5, 5.41) is 0. The summed E-state index contributed by atoms with van der Waals surface area (Å²) in [4.78, 5) is 0. The van der Waals surface area contributed by atoms with Crippen molar-refractivity contribution in [1.29, 1.82) is 0 Å². The summed E-state index contributed by atoms with van der Waals surface area (Å²) < 4.78 is 39.9. The summed E-state index contributed by atoms with van der Waals surface area (Å²) >= 11 is 1.51. The molecule has 0 aliphatic heterocycles. The van der Waals surface area contributed by atoms with Gasteiger partial charge in [-0.25, -0.2) is 0 Å². The van der Waals surface area contributed by atoms with Crippen LogP contribution >= 0.6 is 11.9 Å². The second-order valence-electron chi connectivity index (χ2n) is 3.38. The molecule has 0 saturated carbocycles. The van der Waals surface area contributed by atoms with Crippen LogP contribution in [-0.4, -0.2) is 6.54 Å². The van der Waals surface area contributed by atoms with Gasteiger partial charge in [0.1, 0.15) is 0 Å². The number of benzene rings is 1. The molecule has 0 heterocycles. The largest absolute Gasteiger partial charge is 0.416 e. The van der Waals surface area contributed by atoms with Crippen molar-refractivity contribution in [2.45, 2.75) is 25.3 Å². The van der Waals surface area contributed by atoms with Crippen molar-refractivity contribution in [1.82, 2.24) is 4.72 Å². The average molecular weight is 249 g/mol. The molecule has 1 nitrogen and oxygen atoms in total. The van der Waals surface area contributed by atoms with E-state index >= 15 is 0 Å². The molecular weight excluding hydrogens is 235 g/mol. The fourth-order valence-electron chi connectivity index (χ4n) is 1.10. The molecule has 0 spiro atoms. The zero-order chi connectivity index (χ0) is 12.0. The maximum Gasteiger partial charge on any atom is 0.416 e. The molecule has 0 aliphatic carbocycles. The quantitative estimate of drug-likeness (QED) is 0.628. The van der Waals surface area contributed by atoms with E-state index in [0.717, 1.165) is 30.7 Å². The van der Waals surface area contributed by atoms with Gasteiger partial charge >= 0.3 is 6.18 Å². The van der Waals surface area contributed by atoms with Crippen molar-refractivity contribution in [3.05, 3.63) is 35.4 Å². The Hall–Kier alpha value is -0.680. The molecule has 0 radical (unpaired) electrons. The zero-order valence-electron chi connectivity index (χ0n) is 8.97. The van der Waals surface area contributed by atoms with Crippen LogP contribution in [0.2, 0.25) is 0 Å². The van der Waals surface area contributed by atoms with Crippen molar-refractivity contribution >= 4 is 11.9 Å². The molecule has 16 heavy (non-hydrogen) atoms. The third-order valence-electron chi connectivity index (χ3n) is 1.97. The number of alkyl halides is 3. The van der Waals surface area contributed by atoms with Gasteiger partial charge in [-0.2, -0.15) is 13.2 Å². The Labute approximate surface area is 97.6 Å². The lowest BCUT2D eigenvalue weighted by Crippen LogP contribution is -2.05. The van der Waals surface area contributed by atoms with Crippen LogP contribution in [0.4, 0.5) is 13.2 Å². The molecule has 1 rings (SSSR count). The number of hydrogen-bond donors (Lipinski definition) is 1. The van der Waals surface area contributed by atoms with Gasteiger partial charge in [0, 0.05) is 12.3 Å². The minimum atomic E-state index is -4.24. The summed E-state index contributed by atoms with van der Waals surface area (Å²) in [6.07, 6.45) is -3.20. The van der Waals surface area contributed by atoms with E-state index in [2.05, 4.69) is 11.6 Å². The third-order valence-corrected chi connectivity index (χ3v) is 2.86. The Bertz CT molecular complexity index is 308. The van der Waals surface area contributed by atoms with Crippen LogP contribution in [0.1, 0.15) is 24.5 Å². The molecule has 5 heteroatoms. The monoisotopic (exact) mass is 249 g/mol. The van der Waals surface area contributed by atoms with Gasteiger partial charge in [0.05, 0.1) is 5.56 Å². The van der Waals surface area contributed by atoms with Gasteiger partial charge in [0.2, 0.25) is 0 Å². The maximum atomic E-state index is 12.3. The average Bonchev–Trinajstić information content (AvgIpc) is 2.24. The van der Waals surface area contributed by atoms with Crippen LogP contribution in [0.5, 0.6) is 0 Å². The van der Waals surface area contributed by atoms with Crippen LogP contribution in [0.15, 0.2) is 24.3 Å². The lowest BCUT2D eigenvalue weighted by molar-refractivity contribution is -0.137. The van der Waals surface area contributed by atoms with E-state index in [1.807, 2.05) is 0 Å². The smallest absolute Gasteiger partial charge is 0.264 e. The Balaban J connectivity index is 2.46. The van der Waals surface area contributed by atoms with E-state index in [0.29, 0.717) is 5.75 Å². The molecule has 0 aliphatic rings. The highest BCUT2D eigenvalue weighted by Crippen LogP contribution is 2.29. The number of rotatable bonds is 5. The van der Waals surface area contributed by atoms with E-state index in [1.54, 1.807) is 0 Å². The molecule has 0 saturated heterocycles. The lowest BCUT2D eigenvalue weighted by atomic mass is 10.1. The summed E-state index contributed by atoms with van der Waals surface area (Å²) in [5.74, 6) is 0.679. The van der Waals surface area contributed by atoms with E-state index < -0.39 is 11.7 Å². The fourth-order valence-corrected chi connectivity index (χ4v) is 1.91. The standard InChI is InChI=1S/C11H14F3NS/c1-2-7-15-16-8-9-3-5-10(6-4-9)11(12,13)14/h3-6,15H,2,7-8H2,1H3. The topological polar surface area (TPSA) is 12.0 Å². The van der Waals surface area contributed by atoms with Gasteiger partial charge in [-0.1, -0.05) is 31.0 Å². The SMILES string of the molecule is CCCNSCc1ccc(C(F)(F)F)cc1. The van der Waals surface area contributed by atoms with Gasteiger partial charge in [-0.15, -0.1) is 0 Å². The van der Waals surface area contributed by atoms with Crippen LogP contribution in [0.25, 0.3) is 0 Å². The van der Waals surface area contributed by atoms with Gasteiger partial charge in [-0.3, -0.25) is 4.72 Å². The van der Waals surface area contributed by atoms with E-state index in [9.17, 15) is 13.2 Å². The summed E-state index contributed by atoms with van der Waals surface area (Å²) in [6.45, 7) is 2.97. The predicted octanol–water partition coefficient (Wildman–Crippen LogP) is 3.85. The molecule has 0 fully saturated rings. The second-order valence-corrected chi connectivity index (χ2v) is 4.24. The highest BCUT2D eigenvalue weighted by molar-refractivity contribution is 7.96. The summed E-state index contributed by atoms with van der Waals surface area (Å²) in [5.41, 5.74) is 0.296. The van der Waals surface area contributed by atoms with Crippen molar-refractivity contribution < 1.29 is 13.2 Å². The normalized spacial score (nSPS) is 11.8. The molecule has 0 aromatic heterocycles. The Morgan fingerprint density at radius 1 is 1.19 bits per heavy atom. The molecule has 1 aromatic carbocycles. The van der Waals surface area contributed by atoms with Crippen molar-refractivity contribution in [2.24, 2.45) is 0 Å². The molecule has 0 amide bonds. The predicted molar refractivity (Wildman–Crippen MR) is 61.0 cm³/mol. The van der Waals surface area contributed by atoms with Crippen LogP contribution < -0.4 is 4.72 Å². The summed E-state index contributed by atoms with van der Waals surface area (Å²) in [7, 11) is 0. The minimum absolute atomic E-state index is 0.595. The number of hydrogen-bond acceptors (Lipinski definition) is 2. The Morgan fingerprint density at radius 2 is 1.81 bits per heavy atom. The first-order chi connectivity index (χ1) is 7.54. The molecule has 0 unspecified atom stereocenters. The van der Waals surface area contributed by atoms with Crippen molar-refractivity contribution in [2.75, 3.05) is 6.54 Å². The fraction of sp³-hybridized carbons (Fsp3) is 0.455. The van der Waals surface area contributed by atoms with Gasteiger partial charge < -0.3 is 0 Å². The number of halogens is 3. The summed E-state index contributed by atoms with van der Waals surface area (Å²) in [6, 6.07) is 5.28. The third kappa shape index (κ3) is 4.45. The lowest BCUT2D eigenvalue weighted by Gasteiger charge is -2.07. The van der Waals surface area contributed by atoms with E-state index in [4.69, 9.17) is 0 Å². The van der Waals surface area contributed by atoms with Crippen LogP contribution in [0, 0.1) is 0 Å². The van der Waals surface area contributed by atoms with Crippen molar-refractivity contribution in [3.63, 3.8) is 0 Å². The van der Waals surface area contributed by atoms with Crippen molar-refractivity contribution in [3.8, 4) is 0 Å². The first-order valence-corrected chi connectivity index (χ1v) is 6.03. The van der Waals surface area contributed by atoms with Gasteiger partial charge in [0.25, 0.3) is 0 Å². The number of nitrogens with one attached hydrogen (secondary N) is 1. The van der Waals surface area contributed by atoms with Gasteiger partial charge in [-0.05, 0) is 24.1 Å². The Morgan fingerprint density at radius 3 is 2.31 bits per heavy atom. The highest BCUT2D eigenvalue weighted by atomic mass is 32.2. The highest BCUT2D eigenvalue weighted by Gasteiger charge is 2.29. The van der Waals surface area contributed by atoms with Gasteiger partial charge in [0.15, 0.2) is 0 Å².